The highest BCUT2D eigenvalue weighted by Crippen LogP contribution is 2.37. The Kier molecular flexibility index (Phi) is 5.46. The van der Waals surface area contributed by atoms with E-state index in [1.165, 1.54) is 32.1 Å². The van der Waals surface area contributed by atoms with E-state index in [2.05, 4.69) is 15.3 Å². The van der Waals surface area contributed by atoms with Crippen LogP contribution in [0.3, 0.4) is 0 Å². The molecule has 1 aromatic heterocycles. The Morgan fingerprint density at radius 1 is 1.30 bits per heavy atom. The average molecular weight is 298 g/mol. The first-order valence-corrected chi connectivity index (χ1v) is 7.99. The number of hydrogen-bond donors (Lipinski definition) is 1. The van der Waals surface area contributed by atoms with Crippen LogP contribution in [0.4, 0.5) is 5.95 Å². The van der Waals surface area contributed by atoms with Crippen LogP contribution in [0.25, 0.3) is 0 Å². The lowest BCUT2D eigenvalue weighted by Gasteiger charge is -2.35. The van der Waals surface area contributed by atoms with Gasteiger partial charge in [0.1, 0.15) is 0 Å². The van der Waals surface area contributed by atoms with Crippen molar-refractivity contribution in [2.45, 2.75) is 46.0 Å². The lowest BCUT2D eigenvalue weighted by Crippen LogP contribution is -2.34. The number of nitrogens with zero attached hydrogens (tertiary/aromatic N) is 2. The summed E-state index contributed by atoms with van der Waals surface area (Å²) < 4.78 is 5.45. The van der Waals surface area contributed by atoms with E-state index in [1.54, 1.807) is 0 Å². The second-order valence-corrected chi connectivity index (χ2v) is 5.92. The van der Waals surface area contributed by atoms with Gasteiger partial charge in [0.2, 0.25) is 11.8 Å². The molecule has 5 heteroatoms. The zero-order valence-electron chi connectivity index (χ0n) is 12.4. The molecule has 0 bridgehead atoms. The number of rotatable bonds is 6. The van der Waals surface area contributed by atoms with Gasteiger partial charge in [0.15, 0.2) is 0 Å². The Bertz CT molecular complexity index is 433. The van der Waals surface area contributed by atoms with Gasteiger partial charge in [-0.3, -0.25) is 0 Å². The van der Waals surface area contributed by atoms with Crippen molar-refractivity contribution < 1.29 is 4.74 Å². The van der Waals surface area contributed by atoms with Crippen LogP contribution in [0.15, 0.2) is 6.07 Å². The first kappa shape index (κ1) is 15.4. The van der Waals surface area contributed by atoms with Gasteiger partial charge in [0.05, 0.1) is 6.61 Å². The summed E-state index contributed by atoms with van der Waals surface area (Å²) in [6.07, 6.45) is 6.25. The quantitative estimate of drug-likeness (QED) is 0.812. The molecule has 1 fully saturated rings. The van der Waals surface area contributed by atoms with Crippen LogP contribution in [0.2, 0.25) is 0 Å². The van der Waals surface area contributed by atoms with E-state index in [9.17, 15) is 0 Å². The highest BCUT2D eigenvalue weighted by molar-refractivity contribution is 6.18. The largest absolute Gasteiger partial charge is 0.478 e. The summed E-state index contributed by atoms with van der Waals surface area (Å²) in [4.78, 5) is 8.81. The van der Waals surface area contributed by atoms with Crippen molar-refractivity contribution in [1.29, 1.82) is 0 Å². The van der Waals surface area contributed by atoms with Gasteiger partial charge in [-0.25, -0.2) is 4.98 Å². The topological polar surface area (TPSA) is 47.0 Å². The van der Waals surface area contributed by atoms with Crippen molar-refractivity contribution in [3.8, 4) is 5.88 Å². The minimum atomic E-state index is 0.193. The van der Waals surface area contributed by atoms with Gasteiger partial charge in [0.25, 0.3) is 0 Å². The lowest BCUT2D eigenvalue weighted by molar-refractivity contribution is 0.237. The van der Waals surface area contributed by atoms with Gasteiger partial charge in [-0.15, -0.1) is 11.6 Å². The number of halogens is 1. The summed E-state index contributed by atoms with van der Waals surface area (Å²) in [6.45, 7) is 5.36. The van der Waals surface area contributed by atoms with E-state index >= 15 is 0 Å². The minimum Gasteiger partial charge on any atom is -0.478 e. The summed E-state index contributed by atoms with van der Waals surface area (Å²) in [5.41, 5.74) is 1.10. The van der Waals surface area contributed by atoms with Crippen molar-refractivity contribution in [1.82, 2.24) is 9.97 Å². The molecule has 1 N–H and O–H groups in total. The third kappa shape index (κ3) is 3.98. The van der Waals surface area contributed by atoms with Crippen LogP contribution in [-0.4, -0.2) is 29.0 Å². The summed E-state index contributed by atoms with van der Waals surface area (Å²) in [5, 5.41) is 3.36. The van der Waals surface area contributed by atoms with E-state index in [-0.39, 0.29) is 5.41 Å². The summed E-state index contributed by atoms with van der Waals surface area (Å²) in [7, 11) is 0. The van der Waals surface area contributed by atoms with E-state index in [4.69, 9.17) is 16.3 Å². The fourth-order valence-electron chi connectivity index (χ4n) is 2.77. The molecule has 0 spiro atoms. The van der Waals surface area contributed by atoms with Crippen LogP contribution >= 0.6 is 11.6 Å². The molecule has 4 nitrogen and oxygen atoms in total. The van der Waals surface area contributed by atoms with E-state index in [0.29, 0.717) is 24.3 Å². The van der Waals surface area contributed by atoms with Crippen LogP contribution in [-0.2, 0) is 0 Å². The van der Waals surface area contributed by atoms with E-state index < -0.39 is 0 Å². The SMILES string of the molecule is CCOc1cc(C)nc(NCC2(CCl)CCCCC2)n1. The number of ether oxygens (including phenoxy) is 1. The Morgan fingerprint density at radius 3 is 2.70 bits per heavy atom. The Balaban J connectivity index is 2.02. The molecule has 0 amide bonds. The molecule has 0 saturated heterocycles. The summed E-state index contributed by atoms with van der Waals surface area (Å²) in [6, 6.07) is 1.85. The maximum Gasteiger partial charge on any atom is 0.226 e. The minimum absolute atomic E-state index is 0.193. The van der Waals surface area contributed by atoms with E-state index in [0.717, 1.165) is 12.2 Å². The first-order valence-electron chi connectivity index (χ1n) is 7.46. The Labute approximate surface area is 126 Å². The van der Waals surface area contributed by atoms with Crippen molar-refractivity contribution in [3.05, 3.63) is 11.8 Å². The molecular formula is C15H24ClN3O. The molecule has 1 saturated carbocycles. The van der Waals surface area contributed by atoms with E-state index in [1.807, 2.05) is 19.9 Å². The molecule has 112 valence electrons. The number of aryl methyl sites for hydroxylation is 1. The molecule has 0 atom stereocenters. The van der Waals surface area contributed by atoms with Crippen LogP contribution < -0.4 is 10.1 Å². The molecule has 1 heterocycles. The molecule has 0 aliphatic heterocycles. The Hall–Kier alpha value is -1.03. The van der Waals surface area contributed by atoms with Crippen LogP contribution in [0.1, 0.15) is 44.7 Å². The molecule has 0 aromatic carbocycles. The zero-order valence-corrected chi connectivity index (χ0v) is 13.2. The van der Waals surface area contributed by atoms with Gasteiger partial charge in [-0.1, -0.05) is 19.3 Å². The molecule has 0 unspecified atom stereocenters. The van der Waals surface area contributed by atoms with Crippen molar-refractivity contribution in [2.75, 3.05) is 24.3 Å². The second kappa shape index (κ2) is 7.11. The third-order valence-electron chi connectivity index (χ3n) is 3.94. The number of anilines is 1. The third-order valence-corrected chi connectivity index (χ3v) is 4.51. The highest BCUT2D eigenvalue weighted by Gasteiger charge is 2.31. The second-order valence-electron chi connectivity index (χ2n) is 5.65. The van der Waals surface area contributed by atoms with Gasteiger partial charge in [0, 0.05) is 29.6 Å². The van der Waals surface area contributed by atoms with Gasteiger partial charge in [-0.2, -0.15) is 4.98 Å². The molecule has 1 aromatic rings. The van der Waals surface area contributed by atoms with Crippen LogP contribution in [0, 0.1) is 12.3 Å². The molecule has 20 heavy (non-hydrogen) atoms. The fourth-order valence-corrected chi connectivity index (χ4v) is 3.13. The smallest absolute Gasteiger partial charge is 0.226 e. The monoisotopic (exact) mass is 297 g/mol. The van der Waals surface area contributed by atoms with Gasteiger partial charge < -0.3 is 10.1 Å². The van der Waals surface area contributed by atoms with Gasteiger partial charge in [-0.05, 0) is 26.7 Å². The van der Waals surface area contributed by atoms with Gasteiger partial charge >= 0.3 is 0 Å². The fraction of sp³-hybridized carbons (Fsp3) is 0.733. The Morgan fingerprint density at radius 2 is 2.05 bits per heavy atom. The molecule has 1 aliphatic rings. The predicted molar refractivity (Wildman–Crippen MR) is 82.7 cm³/mol. The number of aromatic nitrogens is 2. The predicted octanol–water partition coefficient (Wildman–Crippen LogP) is 3.78. The van der Waals surface area contributed by atoms with Crippen molar-refractivity contribution in [2.24, 2.45) is 5.41 Å². The summed E-state index contributed by atoms with van der Waals surface area (Å²) in [5.74, 6) is 1.97. The molecule has 0 radical (unpaired) electrons. The standard InChI is InChI=1S/C15H24ClN3O/c1-3-20-13-9-12(2)18-14(19-13)17-11-15(10-16)7-5-4-6-8-15/h9H,3-8,10-11H2,1-2H3,(H,17,18,19). The number of nitrogens with one attached hydrogen (secondary N) is 1. The van der Waals surface area contributed by atoms with Crippen molar-refractivity contribution >= 4 is 17.5 Å². The average Bonchev–Trinajstić information content (AvgIpc) is 2.46. The number of alkyl halides is 1. The highest BCUT2D eigenvalue weighted by atomic mass is 35.5. The maximum absolute atomic E-state index is 6.21. The summed E-state index contributed by atoms with van der Waals surface area (Å²) >= 11 is 6.21. The van der Waals surface area contributed by atoms with Crippen molar-refractivity contribution in [3.63, 3.8) is 0 Å². The first-order chi connectivity index (χ1) is 9.67. The maximum atomic E-state index is 6.21. The lowest BCUT2D eigenvalue weighted by atomic mass is 9.75. The number of hydrogen-bond acceptors (Lipinski definition) is 4. The molecule has 1 aliphatic carbocycles. The zero-order chi connectivity index (χ0) is 14.4. The normalized spacial score (nSPS) is 17.8. The van der Waals surface area contributed by atoms with Crippen LogP contribution in [0.5, 0.6) is 5.88 Å². The molecule has 2 rings (SSSR count). The molecular weight excluding hydrogens is 274 g/mol.